The van der Waals surface area contributed by atoms with Crippen molar-refractivity contribution >= 4 is 16.9 Å². The van der Waals surface area contributed by atoms with Crippen LogP contribution in [-0.4, -0.2) is 26.6 Å². The Labute approximate surface area is 111 Å². The second kappa shape index (κ2) is 4.91. The van der Waals surface area contributed by atoms with E-state index in [0.717, 1.165) is 10.9 Å². The van der Waals surface area contributed by atoms with Crippen LogP contribution >= 0.6 is 11.8 Å². The van der Waals surface area contributed by atoms with E-state index < -0.39 is 0 Å². The lowest BCUT2D eigenvalue weighted by atomic mass is 9.83. The highest BCUT2D eigenvalue weighted by molar-refractivity contribution is 8.14. The van der Waals surface area contributed by atoms with E-state index in [2.05, 4.69) is 20.4 Å². The number of aromatic nitrogens is 2. The van der Waals surface area contributed by atoms with Crippen LogP contribution < -0.4 is 5.32 Å². The predicted molar refractivity (Wildman–Crippen MR) is 71.6 cm³/mol. The van der Waals surface area contributed by atoms with Crippen molar-refractivity contribution in [3.05, 3.63) is 11.7 Å². The van der Waals surface area contributed by atoms with Crippen molar-refractivity contribution in [3.8, 4) is 0 Å². The zero-order valence-electron chi connectivity index (χ0n) is 10.6. The Hall–Kier alpha value is -1.04. The highest BCUT2D eigenvalue weighted by Gasteiger charge is 2.37. The van der Waals surface area contributed by atoms with Crippen LogP contribution in [-0.2, 0) is 6.54 Å². The fourth-order valence-corrected chi connectivity index (χ4v) is 3.85. The van der Waals surface area contributed by atoms with Gasteiger partial charge in [-0.05, 0) is 12.8 Å². The minimum absolute atomic E-state index is 0.314. The van der Waals surface area contributed by atoms with E-state index in [9.17, 15) is 0 Å². The first-order chi connectivity index (χ1) is 8.76. The van der Waals surface area contributed by atoms with Crippen molar-refractivity contribution in [2.75, 3.05) is 5.75 Å². The third kappa shape index (κ3) is 2.53. The second-order valence-electron chi connectivity index (χ2n) is 5.11. The summed E-state index contributed by atoms with van der Waals surface area (Å²) in [7, 11) is 0. The average Bonchev–Trinajstić information content (AvgIpc) is 2.96. The third-order valence-electron chi connectivity index (χ3n) is 3.60. The molecule has 0 bridgehead atoms. The molecule has 0 amide bonds. The fraction of sp³-hybridized carbons (Fsp3) is 0.750. The molecule has 6 heteroatoms. The van der Waals surface area contributed by atoms with Crippen molar-refractivity contribution in [1.29, 1.82) is 0 Å². The van der Waals surface area contributed by atoms with Crippen LogP contribution in [0.5, 0.6) is 0 Å². The smallest absolute Gasteiger partial charge is 0.223 e. The number of nitrogens with zero attached hydrogens (tertiary/aromatic N) is 3. The minimum atomic E-state index is 0.314. The molecule has 0 radical (unpaired) electrons. The maximum absolute atomic E-state index is 4.93. The highest BCUT2D eigenvalue weighted by Crippen LogP contribution is 2.36. The fourth-order valence-electron chi connectivity index (χ4n) is 2.64. The van der Waals surface area contributed by atoms with Crippen molar-refractivity contribution in [2.24, 2.45) is 4.99 Å². The quantitative estimate of drug-likeness (QED) is 0.889. The van der Waals surface area contributed by atoms with Crippen molar-refractivity contribution in [2.45, 2.75) is 51.1 Å². The number of aliphatic imine (C=N–C) groups is 1. The molecule has 1 saturated carbocycles. The lowest BCUT2D eigenvalue weighted by Gasteiger charge is -2.32. The van der Waals surface area contributed by atoms with E-state index in [4.69, 9.17) is 4.52 Å². The first-order valence-electron chi connectivity index (χ1n) is 6.50. The van der Waals surface area contributed by atoms with Gasteiger partial charge in [-0.25, -0.2) is 0 Å². The third-order valence-corrected chi connectivity index (χ3v) is 4.80. The van der Waals surface area contributed by atoms with Gasteiger partial charge in [-0.1, -0.05) is 36.2 Å². The number of hydrogen-bond acceptors (Lipinski definition) is 5. The summed E-state index contributed by atoms with van der Waals surface area (Å²) in [6.45, 7) is 2.30. The van der Waals surface area contributed by atoms with Crippen LogP contribution in [0.3, 0.4) is 0 Å². The predicted octanol–water partition coefficient (Wildman–Crippen LogP) is 2.27. The van der Waals surface area contributed by atoms with Crippen molar-refractivity contribution in [1.82, 2.24) is 15.5 Å². The highest BCUT2D eigenvalue weighted by atomic mass is 32.2. The molecule has 1 aromatic heterocycles. The van der Waals surface area contributed by atoms with E-state index in [-0.39, 0.29) is 0 Å². The molecule has 98 valence electrons. The summed E-state index contributed by atoms with van der Waals surface area (Å²) >= 11 is 1.83. The molecule has 0 atom stereocenters. The number of thioether (sulfide) groups is 1. The first-order valence-corrected chi connectivity index (χ1v) is 7.49. The summed E-state index contributed by atoms with van der Waals surface area (Å²) < 4.78 is 4.93. The Morgan fingerprint density at radius 1 is 1.39 bits per heavy atom. The molecule has 0 aromatic carbocycles. The van der Waals surface area contributed by atoms with Gasteiger partial charge >= 0.3 is 0 Å². The standard InChI is InChI=1S/C12H18N4OS/c1-9-14-10(16-17-9)7-13-11-15-12(8-18-11)5-3-2-4-6-12/h2-8H2,1H3,(H,13,15). The SMILES string of the molecule is Cc1nc(CN=C2NC3(CCCCC3)CS2)no1. The lowest BCUT2D eigenvalue weighted by Crippen LogP contribution is -2.45. The molecule has 5 nitrogen and oxygen atoms in total. The number of aryl methyl sites for hydroxylation is 1. The summed E-state index contributed by atoms with van der Waals surface area (Å²) in [4.78, 5) is 8.69. The zero-order chi connectivity index (χ0) is 12.4. The summed E-state index contributed by atoms with van der Waals surface area (Å²) in [6.07, 6.45) is 6.61. The van der Waals surface area contributed by atoms with Crippen LogP contribution in [0, 0.1) is 6.92 Å². The van der Waals surface area contributed by atoms with Gasteiger partial charge in [-0.2, -0.15) is 4.98 Å². The van der Waals surface area contributed by atoms with Crippen LogP contribution in [0.2, 0.25) is 0 Å². The largest absolute Gasteiger partial charge is 0.359 e. The van der Waals surface area contributed by atoms with Gasteiger partial charge in [0.05, 0.1) is 0 Å². The summed E-state index contributed by atoms with van der Waals surface area (Å²) in [5, 5.41) is 8.50. The van der Waals surface area contributed by atoms with Gasteiger partial charge in [0.1, 0.15) is 6.54 Å². The normalized spacial score (nSPS) is 24.6. The number of nitrogens with one attached hydrogen (secondary N) is 1. The van der Waals surface area contributed by atoms with Gasteiger partial charge in [0, 0.05) is 18.2 Å². The number of amidine groups is 1. The molecule has 2 fully saturated rings. The average molecular weight is 266 g/mol. The molecule has 1 aliphatic heterocycles. The Bertz CT molecular complexity index is 451. The molecule has 1 N–H and O–H groups in total. The van der Waals surface area contributed by atoms with Crippen molar-refractivity contribution in [3.63, 3.8) is 0 Å². The summed E-state index contributed by atoms with van der Waals surface area (Å²) in [5.74, 6) is 2.41. The summed E-state index contributed by atoms with van der Waals surface area (Å²) in [6, 6.07) is 0. The van der Waals surface area contributed by atoms with E-state index in [1.165, 1.54) is 32.1 Å². The second-order valence-corrected chi connectivity index (χ2v) is 6.07. The van der Waals surface area contributed by atoms with Gasteiger partial charge in [0.25, 0.3) is 0 Å². The molecule has 1 aliphatic carbocycles. The van der Waals surface area contributed by atoms with Crippen molar-refractivity contribution < 1.29 is 4.52 Å². The van der Waals surface area contributed by atoms with Crippen LogP contribution in [0.4, 0.5) is 0 Å². The van der Waals surface area contributed by atoms with Crippen LogP contribution in [0.1, 0.15) is 43.8 Å². The maximum Gasteiger partial charge on any atom is 0.223 e. The minimum Gasteiger partial charge on any atom is -0.359 e. The molecule has 2 aliphatic rings. The molecule has 3 rings (SSSR count). The first kappa shape index (κ1) is 12.0. The monoisotopic (exact) mass is 266 g/mol. The van der Waals surface area contributed by atoms with Gasteiger partial charge in [0.15, 0.2) is 11.0 Å². The van der Waals surface area contributed by atoms with E-state index >= 15 is 0 Å². The van der Waals surface area contributed by atoms with Gasteiger partial charge in [0.2, 0.25) is 5.89 Å². The Morgan fingerprint density at radius 2 is 2.22 bits per heavy atom. The Kier molecular flexibility index (Phi) is 3.28. The number of rotatable bonds is 2. The van der Waals surface area contributed by atoms with Gasteiger partial charge in [-0.3, -0.25) is 4.99 Å². The molecule has 1 saturated heterocycles. The molecule has 2 heterocycles. The Morgan fingerprint density at radius 3 is 2.94 bits per heavy atom. The van der Waals surface area contributed by atoms with E-state index in [0.29, 0.717) is 23.8 Å². The molecular weight excluding hydrogens is 248 g/mol. The molecule has 1 spiro atoms. The topological polar surface area (TPSA) is 63.3 Å². The van der Waals surface area contributed by atoms with Gasteiger partial charge in [-0.15, -0.1) is 0 Å². The van der Waals surface area contributed by atoms with E-state index in [1.807, 2.05) is 11.8 Å². The molecule has 18 heavy (non-hydrogen) atoms. The van der Waals surface area contributed by atoms with Crippen LogP contribution in [0.15, 0.2) is 9.52 Å². The number of hydrogen-bond donors (Lipinski definition) is 1. The lowest BCUT2D eigenvalue weighted by molar-refractivity contribution is 0.303. The maximum atomic E-state index is 4.93. The zero-order valence-corrected chi connectivity index (χ0v) is 11.4. The Balaban J connectivity index is 1.61. The molecular formula is C12H18N4OS. The molecule has 0 unspecified atom stereocenters. The van der Waals surface area contributed by atoms with Crippen LogP contribution in [0.25, 0.3) is 0 Å². The van der Waals surface area contributed by atoms with E-state index in [1.54, 1.807) is 6.92 Å². The molecule has 1 aromatic rings. The summed E-state index contributed by atoms with van der Waals surface area (Å²) in [5.41, 5.74) is 0.314. The van der Waals surface area contributed by atoms with Gasteiger partial charge < -0.3 is 9.84 Å².